The minimum atomic E-state index is -4.15. The first-order valence-corrected chi connectivity index (χ1v) is 7.10. The van der Waals surface area contributed by atoms with Crippen LogP contribution in [0, 0.1) is 0 Å². The normalized spacial score (nSPS) is 24.2. The number of aliphatic hydroxyl groups excluding tert-OH is 2. The predicted octanol–water partition coefficient (Wildman–Crippen LogP) is -2.58. The molecule has 0 unspecified atom stereocenters. The van der Waals surface area contributed by atoms with Crippen molar-refractivity contribution in [1.82, 2.24) is 10.2 Å². The Morgan fingerprint density at radius 2 is 1.83 bits per heavy atom. The number of carbonyl (C=O) groups is 1. The largest absolute Gasteiger partial charge is 0.395 e. The van der Waals surface area contributed by atoms with Crippen molar-refractivity contribution < 1.29 is 28.0 Å². The van der Waals surface area contributed by atoms with Crippen molar-refractivity contribution >= 4 is 16.0 Å². The SMILES string of the molecule is O=C([C@@H]1C[C@@H](S(=O)(=O)O)CN1)N(CCO)CCO. The molecule has 1 amide bonds. The highest BCUT2D eigenvalue weighted by Gasteiger charge is 2.37. The van der Waals surface area contributed by atoms with E-state index in [1.54, 1.807) is 0 Å². The summed E-state index contributed by atoms with van der Waals surface area (Å²) in [5.41, 5.74) is 0. The maximum absolute atomic E-state index is 12.0. The fourth-order valence-corrected chi connectivity index (χ4v) is 2.65. The number of carbonyl (C=O) groups excluding carboxylic acids is 1. The molecule has 0 saturated carbocycles. The van der Waals surface area contributed by atoms with E-state index in [2.05, 4.69) is 5.32 Å². The zero-order valence-corrected chi connectivity index (χ0v) is 10.6. The van der Waals surface area contributed by atoms with Gasteiger partial charge in [0, 0.05) is 19.6 Å². The van der Waals surface area contributed by atoms with E-state index in [1.807, 2.05) is 0 Å². The summed E-state index contributed by atoms with van der Waals surface area (Å²) >= 11 is 0. The van der Waals surface area contributed by atoms with Crippen LogP contribution in [0.1, 0.15) is 6.42 Å². The molecule has 0 aliphatic carbocycles. The quantitative estimate of drug-likeness (QED) is 0.394. The van der Waals surface area contributed by atoms with Gasteiger partial charge in [-0.1, -0.05) is 0 Å². The first-order chi connectivity index (χ1) is 8.40. The van der Waals surface area contributed by atoms with E-state index in [1.165, 1.54) is 4.90 Å². The number of amides is 1. The lowest BCUT2D eigenvalue weighted by molar-refractivity contribution is -0.134. The Hall–Kier alpha value is -0.740. The van der Waals surface area contributed by atoms with E-state index < -0.39 is 21.4 Å². The molecule has 4 N–H and O–H groups in total. The summed E-state index contributed by atoms with van der Waals surface area (Å²) in [5, 5.41) is 19.3. The standard InChI is InChI=1S/C9H18N2O6S/c12-3-1-11(2-4-13)9(14)8-5-7(6-10-8)18(15,16)17/h7-8,10,12-13H,1-6H2,(H,15,16,17)/t7-,8+/m1/s1. The van der Waals surface area contributed by atoms with Gasteiger partial charge in [-0.2, -0.15) is 8.42 Å². The molecule has 0 radical (unpaired) electrons. The van der Waals surface area contributed by atoms with E-state index in [4.69, 9.17) is 14.8 Å². The molecule has 9 heteroatoms. The molecule has 2 atom stereocenters. The summed E-state index contributed by atoms with van der Waals surface area (Å²) in [6.07, 6.45) is -0.00890. The summed E-state index contributed by atoms with van der Waals surface area (Å²) in [7, 11) is -4.15. The van der Waals surface area contributed by atoms with Crippen LogP contribution in [0.25, 0.3) is 0 Å². The molecule has 8 nitrogen and oxygen atoms in total. The average Bonchev–Trinajstić information content (AvgIpc) is 2.76. The molecule has 18 heavy (non-hydrogen) atoms. The molecule has 0 aromatic carbocycles. The molecule has 0 bridgehead atoms. The Bertz CT molecular complexity index is 379. The van der Waals surface area contributed by atoms with Crippen molar-refractivity contribution in [3.8, 4) is 0 Å². The van der Waals surface area contributed by atoms with Crippen LogP contribution in [-0.4, -0.2) is 78.1 Å². The number of nitrogens with one attached hydrogen (secondary N) is 1. The van der Waals surface area contributed by atoms with Crippen molar-refractivity contribution in [2.75, 3.05) is 32.8 Å². The zero-order chi connectivity index (χ0) is 13.8. The monoisotopic (exact) mass is 282 g/mol. The van der Waals surface area contributed by atoms with Gasteiger partial charge in [0.25, 0.3) is 10.1 Å². The van der Waals surface area contributed by atoms with E-state index in [0.717, 1.165) is 0 Å². The highest BCUT2D eigenvalue weighted by Crippen LogP contribution is 2.15. The molecule has 1 rings (SSSR count). The van der Waals surface area contributed by atoms with Crippen LogP contribution in [-0.2, 0) is 14.9 Å². The highest BCUT2D eigenvalue weighted by atomic mass is 32.2. The lowest BCUT2D eigenvalue weighted by Gasteiger charge is -2.24. The summed E-state index contributed by atoms with van der Waals surface area (Å²) in [6.45, 7) is -0.302. The van der Waals surface area contributed by atoms with Gasteiger partial charge in [-0.15, -0.1) is 0 Å². The molecule has 106 valence electrons. The topological polar surface area (TPSA) is 127 Å². The van der Waals surface area contributed by atoms with E-state index in [0.29, 0.717) is 0 Å². The zero-order valence-electron chi connectivity index (χ0n) is 9.82. The third-order valence-electron chi connectivity index (χ3n) is 2.86. The Morgan fingerprint density at radius 1 is 1.28 bits per heavy atom. The molecule has 1 fully saturated rings. The van der Waals surface area contributed by atoms with Crippen molar-refractivity contribution in [1.29, 1.82) is 0 Å². The molecular weight excluding hydrogens is 264 g/mol. The smallest absolute Gasteiger partial charge is 0.269 e. The molecule has 0 aromatic rings. The van der Waals surface area contributed by atoms with Crippen molar-refractivity contribution in [2.45, 2.75) is 17.7 Å². The number of hydrogen-bond donors (Lipinski definition) is 4. The van der Waals surface area contributed by atoms with Crippen molar-refractivity contribution in [3.05, 3.63) is 0 Å². The van der Waals surface area contributed by atoms with Crippen LogP contribution < -0.4 is 5.32 Å². The minimum Gasteiger partial charge on any atom is -0.395 e. The van der Waals surface area contributed by atoms with Crippen LogP contribution in [0.15, 0.2) is 0 Å². The van der Waals surface area contributed by atoms with Gasteiger partial charge >= 0.3 is 0 Å². The highest BCUT2D eigenvalue weighted by molar-refractivity contribution is 7.86. The number of rotatable bonds is 6. The Labute approximate surface area is 105 Å². The Morgan fingerprint density at radius 3 is 2.22 bits per heavy atom. The van der Waals surface area contributed by atoms with Crippen molar-refractivity contribution in [2.24, 2.45) is 0 Å². The summed E-state index contributed by atoms with van der Waals surface area (Å²) in [5.74, 6) is -0.385. The van der Waals surface area contributed by atoms with E-state index in [9.17, 15) is 13.2 Å². The van der Waals surface area contributed by atoms with Gasteiger partial charge < -0.3 is 20.4 Å². The first kappa shape index (κ1) is 15.3. The lowest BCUT2D eigenvalue weighted by atomic mass is 10.2. The lowest BCUT2D eigenvalue weighted by Crippen LogP contribution is -2.45. The summed E-state index contributed by atoms with van der Waals surface area (Å²) in [6, 6.07) is -0.713. The molecule has 1 aliphatic heterocycles. The molecule has 1 aliphatic rings. The predicted molar refractivity (Wildman–Crippen MR) is 62.5 cm³/mol. The van der Waals surface area contributed by atoms with Crippen LogP contribution in [0.3, 0.4) is 0 Å². The van der Waals surface area contributed by atoms with Gasteiger partial charge in [-0.3, -0.25) is 9.35 Å². The second-order valence-electron chi connectivity index (χ2n) is 4.11. The summed E-state index contributed by atoms with van der Waals surface area (Å²) in [4.78, 5) is 13.2. The number of aliphatic hydroxyl groups is 2. The fraction of sp³-hybridized carbons (Fsp3) is 0.889. The van der Waals surface area contributed by atoms with Gasteiger partial charge in [0.2, 0.25) is 5.91 Å². The third-order valence-corrected chi connectivity index (χ3v) is 4.06. The maximum atomic E-state index is 12.0. The summed E-state index contributed by atoms with van der Waals surface area (Å²) < 4.78 is 30.8. The van der Waals surface area contributed by atoms with Crippen LogP contribution >= 0.6 is 0 Å². The third kappa shape index (κ3) is 3.89. The van der Waals surface area contributed by atoms with Gasteiger partial charge in [-0.25, -0.2) is 0 Å². The Balaban J connectivity index is 2.62. The van der Waals surface area contributed by atoms with Crippen LogP contribution in [0.2, 0.25) is 0 Å². The second kappa shape index (κ2) is 6.43. The van der Waals surface area contributed by atoms with Gasteiger partial charge in [-0.05, 0) is 6.42 Å². The molecular formula is C9H18N2O6S. The van der Waals surface area contributed by atoms with E-state index in [-0.39, 0.29) is 45.2 Å². The van der Waals surface area contributed by atoms with Crippen molar-refractivity contribution in [3.63, 3.8) is 0 Å². The van der Waals surface area contributed by atoms with Gasteiger partial charge in [0.1, 0.15) is 5.25 Å². The van der Waals surface area contributed by atoms with Gasteiger partial charge in [0.05, 0.1) is 19.3 Å². The minimum absolute atomic E-state index is 0.00890. The molecule has 0 aromatic heterocycles. The molecule has 1 heterocycles. The first-order valence-electron chi connectivity index (χ1n) is 5.60. The second-order valence-corrected chi connectivity index (χ2v) is 5.80. The van der Waals surface area contributed by atoms with Crippen LogP contribution in [0.4, 0.5) is 0 Å². The number of nitrogens with zero attached hydrogens (tertiary/aromatic N) is 1. The van der Waals surface area contributed by atoms with Gasteiger partial charge in [0.15, 0.2) is 0 Å². The fourth-order valence-electron chi connectivity index (χ4n) is 1.91. The molecule has 1 saturated heterocycles. The number of hydrogen-bond acceptors (Lipinski definition) is 6. The van der Waals surface area contributed by atoms with E-state index >= 15 is 0 Å². The maximum Gasteiger partial charge on any atom is 0.269 e. The Kier molecular flexibility index (Phi) is 5.47. The molecule has 0 spiro atoms. The average molecular weight is 282 g/mol. The van der Waals surface area contributed by atoms with Crippen LogP contribution in [0.5, 0.6) is 0 Å².